The van der Waals surface area contributed by atoms with E-state index < -0.39 is 0 Å². The van der Waals surface area contributed by atoms with Gasteiger partial charge < -0.3 is 9.88 Å². The summed E-state index contributed by atoms with van der Waals surface area (Å²) in [6.45, 7) is 3.96. The van der Waals surface area contributed by atoms with Crippen LogP contribution in [0.4, 0.5) is 5.69 Å². The van der Waals surface area contributed by atoms with Crippen molar-refractivity contribution in [2.24, 2.45) is 0 Å². The molecule has 23 heavy (non-hydrogen) atoms. The van der Waals surface area contributed by atoms with Gasteiger partial charge in [0.05, 0.1) is 0 Å². The van der Waals surface area contributed by atoms with Crippen LogP contribution in [0.15, 0.2) is 24.3 Å². The number of ketones is 1. The molecule has 1 aromatic heterocycles. The van der Waals surface area contributed by atoms with Gasteiger partial charge in [0.15, 0.2) is 5.78 Å². The number of benzene rings is 1. The van der Waals surface area contributed by atoms with Crippen molar-refractivity contribution in [1.82, 2.24) is 4.98 Å². The minimum absolute atomic E-state index is 0.0258. The van der Waals surface area contributed by atoms with Gasteiger partial charge in [-0.3, -0.25) is 9.59 Å². The van der Waals surface area contributed by atoms with Crippen LogP contribution in [0.3, 0.4) is 0 Å². The Labute approximate surface area is 135 Å². The first-order valence-electron chi connectivity index (χ1n) is 8.24. The van der Waals surface area contributed by atoms with Crippen LogP contribution in [0.2, 0.25) is 0 Å². The third-order valence-corrected chi connectivity index (χ3v) is 5.08. The van der Waals surface area contributed by atoms with E-state index in [9.17, 15) is 9.59 Å². The number of rotatable bonds is 1. The number of aromatic amines is 1. The maximum Gasteiger partial charge on any atom is 0.275 e. The SMILES string of the molecule is Cc1c(C(=O)N2c3ccccc3C[C@@H]2C)[nH]c2c1C(=O)CCC2. The van der Waals surface area contributed by atoms with Gasteiger partial charge in [-0.1, -0.05) is 18.2 Å². The van der Waals surface area contributed by atoms with E-state index in [-0.39, 0.29) is 17.7 Å². The highest BCUT2D eigenvalue weighted by Gasteiger charge is 2.34. The van der Waals surface area contributed by atoms with Gasteiger partial charge in [0, 0.05) is 29.4 Å². The van der Waals surface area contributed by atoms with Crippen LogP contribution in [0.25, 0.3) is 0 Å². The van der Waals surface area contributed by atoms with Crippen LogP contribution >= 0.6 is 0 Å². The number of para-hydroxylation sites is 1. The Morgan fingerprint density at radius 1 is 1.26 bits per heavy atom. The summed E-state index contributed by atoms with van der Waals surface area (Å²) in [6, 6.07) is 8.19. The molecule has 0 spiro atoms. The van der Waals surface area contributed by atoms with E-state index >= 15 is 0 Å². The van der Waals surface area contributed by atoms with Crippen molar-refractivity contribution in [1.29, 1.82) is 0 Å². The molecule has 0 unspecified atom stereocenters. The fourth-order valence-electron chi connectivity index (χ4n) is 3.98. The quantitative estimate of drug-likeness (QED) is 0.877. The molecule has 0 saturated heterocycles. The Balaban J connectivity index is 1.78. The summed E-state index contributed by atoms with van der Waals surface area (Å²) < 4.78 is 0. The summed E-state index contributed by atoms with van der Waals surface area (Å²) in [7, 11) is 0. The number of H-pyrrole nitrogens is 1. The maximum absolute atomic E-state index is 13.1. The topological polar surface area (TPSA) is 53.2 Å². The fraction of sp³-hybridized carbons (Fsp3) is 0.368. The Morgan fingerprint density at radius 2 is 2.04 bits per heavy atom. The number of Topliss-reactive ketones (excluding diaryl/α,β-unsaturated/α-hetero) is 1. The highest BCUT2D eigenvalue weighted by atomic mass is 16.2. The first kappa shape index (κ1) is 14.2. The van der Waals surface area contributed by atoms with Gasteiger partial charge in [-0.05, 0) is 50.3 Å². The van der Waals surface area contributed by atoms with E-state index in [1.807, 2.05) is 30.0 Å². The Hall–Kier alpha value is -2.36. The van der Waals surface area contributed by atoms with Gasteiger partial charge in [-0.2, -0.15) is 0 Å². The summed E-state index contributed by atoms with van der Waals surface area (Å²) >= 11 is 0. The molecule has 2 aliphatic rings. The molecular formula is C19H20N2O2. The first-order chi connectivity index (χ1) is 11.1. The van der Waals surface area contributed by atoms with Crippen LogP contribution in [-0.4, -0.2) is 22.7 Å². The molecule has 0 fully saturated rings. The zero-order valence-electron chi connectivity index (χ0n) is 13.5. The van der Waals surface area contributed by atoms with Gasteiger partial charge in [-0.15, -0.1) is 0 Å². The predicted molar refractivity (Wildman–Crippen MR) is 89.2 cm³/mol. The molecule has 0 bridgehead atoms. The molecule has 1 N–H and O–H groups in total. The highest BCUT2D eigenvalue weighted by Crippen LogP contribution is 2.34. The minimum Gasteiger partial charge on any atom is -0.354 e. The summed E-state index contributed by atoms with van der Waals surface area (Å²) in [5, 5.41) is 0. The largest absolute Gasteiger partial charge is 0.354 e. The molecule has 118 valence electrons. The second-order valence-electron chi connectivity index (χ2n) is 6.61. The number of amides is 1. The van der Waals surface area contributed by atoms with Crippen LogP contribution in [0.5, 0.6) is 0 Å². The van der Waals surface area contributed by atoms with Crippen molar-refractivity contribution in [2.45, 2.75) is 45.6 Å². The number of carbonyl (C=O) groups excluding carboxylic acids is 2. The number of fused-ring (bicyclic) bond motifs is 2. The van der Waals surface area contributed by atoms with Crippen molar-refractivity contribution >= 4 is 17.4 Å². The van der Waals surface area contributed by atoms with Crippen molar-refractivity contribution in [3.05, 3.63) is 52.3 Å². The molecule has 1 amide bonds. The van der Waals surface area contributed by atoms with Gasteiger partial charge in [-0.25, -0.2) is 0 Å². The fourth-order valence-corrected chi connectivity index (χ4v) is 3.98. The van der Waals surface area contributed by atoms with E-state index in [1.54, 1.807) is 0 Å². The van der Waals surface area contributed by atoms with Crippen molar-refractivity contribution in [3.63, 3.8) is 0 Å². The van der Waals surface area contributed by atoms with E-state index in [1.165, 1.54) is 5.56 Å². The molecule has 1 atom stereocenters. The second-order valence-corrected chi connectivity index (χ2v) is 6.61. The summed E-state index contributed by atoms with van der Waals surface area (Å²) in [5.74, 6) is 0.135. The molecule has 4 heteroatoms. The van der Waals surface area contributed by atoms with Gasteiger partial charge in [0.1, 0.15) is 5.69 Å². The van der Waals surface area contributed by atoms with Crippen LogP contribution < -0.4 is 4.90 Å². The average Bonchev–Trinajstić information content (AvgIpc) is 3.04. The van der Waals surface area contributed by atoms with Crippen LogP contribution in [0, 0.1) is 6.92 Å². The van der Waals surface area contributed by atoms with Gasteiger partial charge >= 0.3 is 0 Å². The lowest BCUT2D eigenvalue weighted by atomic mass is 9.93. The molecule has 1 aromatic carbocycles. The van der Waals surface area contributed by atoms with E-state index in [0.717, 1.165) is 41.8 Å². The lowest BCUT2D eigenvalue weighted by Crippen LogP contribution is -2.36. The number of carbonyl (C=O) groups is 2. The van der Waals surface area contributed by atoms with Gasteiger partial charge in [0.2, 0.25) is 0 Å². The zero-order valence-corrected chi connectivity index (χ0v) is 13.5. The lowest BCUT2D eigenvalue weighted by Gasteiger charge is -2.22. The number of aryl methyl sites for hydroxylation is 1. The van der Waals surface area contributed by atoms with Gasteiger partial charge in [0.25, 0.3) is 5.91 Å². The zero-order chi connectivity index (χ0) is 16.1. The maximum atomic E-state index is 13.1. The number of hydrogen-bond acceptors (Lipinski definition) is 2. The average molecular weight is 308 g/mol. The smallest absolute Gasteiger partial charge is 0.275 e. The lowest BCUT2D eigenvalue weighted by molar-refractivity contribution is 0.0968. The number of aromatic nitrogens is 1. The summed E-state index contributed by atoms with van der Waals surface area (Å²) in [5.41, 5.74) is 5.27. The first-order valence-corrected chi connectivity index (χ1v) is 8.24. The number of nitrogens with zero attached hydrogens (tertiary/aromatic N) is 1. The molecule has 2 heterocycles. The van der Waals surface area contributed by atoms with E-state index in [4.69, 9.17) is 0 Å². The van der Waals surface area contributed by atoms with Crippen LogP contribution in [-0.2, 0) is 12.8 Å². The van der Waals surface area contributed by atoms with Crippen molar-refractivity contribution < 1.29 is 9.59 Å². The molecule has 4 rings (SSSR count). The summed E-state index contributed by atoms with van der Waals surface area (Å²) in [6.07, 6.45) is 3.17. The molecule has 0 radical (unpaired) electrons. The third kappa shape index (κ3) is 2.05. The second kappa shape index (κ2) is 5.08. The minimum atomic E-state index is -0.0258. The number of anilines is 1. The highest BCUT2D eigenvalue weighted by molar-refractivity contribution is 6.10. The van der Waals surface area contributed by atoms with Crippen molar-refractivity contribution in [3.8, 4) is 0 Å². The number of nitrogens with one attached hydrogen (secondary N) is 1. The Morgan fingerprint density at radius 3 is 2.83 bits per heavy atom. The van der Waals surface area contributed by atoms with E-state index in [2.05, 4.69) is 18.0 Å². The van der Waals surface area contributed by atoms with Crippen LogP contribution in [0.1, 0.15) is 57.4 Å². The third-order valence-electron chi connectivity index (χ3n) is 5.08. The molecule has 4 nitrogen and oxygen atoms in total. The molecule has 1 aliphatic heterocycles. The normalized spacial score (nSPS) is 19.7. The van der Waals surface area contributed by atoms with Crippen molar-refractivity contribution in [2.75, 3.05) is 4.90 Å². The Bertz CT molecular complexity index is 819. The standard InChI is InChI=1S/C19H20N2O2/c1-11-10-13-6-3-4-8-15(13)21(11)19(23)18-12(2)17-14(20-18)7-5-9-16(17)22/h3-4,6,8,11,20H,5,7,9-10H2,1-2H3/t11-/m0/s1. The molecule has 0 saturated carbocycles. The molecular weight excluding hydrogens is 288 g/mol. The van der Waals surface area contributed by atoms with E-state index in [0.29, 0.717) is 12.1 Å². The molecule has 2 aromatic rings. The number of hydrogen-bond donors (Lipinski definition) is 1. The Kier molecular flexibility index (Phi) is 3.15. The summed E-state index contributed by atoms with van der Waals surface area (Å²) in [4.78, 5) is 30.4. The molecule has 1 aliphatic carbocycles. The monoisotopic (exact) mass is 308 g/mol. The predicted octanol–water partition coefficient (Wildman–Crippen LogP) is 3.43.